The standard InChI is InChI=1S/C10H21N3O/c1-8(2)13-6-9(4-5-11)12(3)10(14)7-13/h8-9H,4-7,11H2,1-3H3. The summed E-state index contributed by atoms with van der Waals surface area (Å²) < 4.78 is 0. The maximum Gasteiger partial charge on any atom is 0.236 e. The maximum atomic E-state index is 11.6. The van der Waals surface area contributed by atoms with Crippen LogP contribution in [-0.4, -0.2) is 54.5 Å². The molecule has 1 unspecified atom stereocenters. The van der Waals surface area contributed by atoms with Crippen molar-refractivity contribution in [2.45, 2.75) is 32.4 Å². The number of likely N-dealkylation sites (N-methyl/N-ethyl adjacent to an activating group) is 1. The van der Waals surface area contributed by atoms with E-state index in [1.807, 2.05) is 11.9 Å². The molecule has 1 atom stereocenters. The molecule has 0 saturated carbocycles. The Balaban J connectivity index is 2.61. The fourth-order valence-electron chi connectivity index (χ4n) is 1.82. The quantitative estimate of drug-likeness (QED) is 0.690. The van der Waals surface area contributed by atoms with Crippen molar-refractivity contribution in [3.05, 3.63) is 0 Å². The molecule has 1 fully saturated rings. The summed E-state index contributed by atoms with van der Waals surface area (Å²) >= 11 is 0. The molecular formula is C10H21N3O. The fourth-order valence-corrected chi connectivity index (χ4v) is 1.82. The predicted molar refractivity (Wildman–Crippen MR) is 56.9 cm³/mol. The molecule has 0 aromatic heterocycles. The smallest absolute Gasteiger partial charge is 0.236 e. The SMILES string of the molecule is CC(C)N1CC(=O)N(C)C(CCN)C1. The van der Waals surface area contributed by atoms with Crippen molar-refractivity contribution in [2.75, 3.05) is 26.7 Å². The van der Waals surface area contributed by atoms with Crippen LogP contribution in [0.3, 0.4) is 0 Å². The number of amides is 1. The molecule has 4 heteroatoms. The minimum atomic E-state index is 0.211. The Kier molecular flexibility index (Phi) is 3.89. The van der Waals surface area contributed by atoms with Gasteiger partial charge < -0.3 is 10.6 Å². The summed E-state index contributed by atoms with van der Waals surface area (Å²) in [5, 5.41) is 0. The van der Waals surface area contributed by atoms with Gasteiger partial charge in [-0.15, -0.1) is 0 Å². The second-order valence-corrected chi connectivity index (χ2v) is 4.26. The lowest BCUT2D eigenvalue weighted by Crippen LogP contribution is -2.56. The van der Waals surface area contributed by atoms with Gasteiger partial charge in [0.1, 0.15) is 0 Å². The van der Waals surface area contributed by atoms with E-state index in [9.17, 15) is 4.79 Å². The second-order valence-electron chi connectivity index (χ2n) is 4.26. The van der Waals surface area contributed by atoms with Crippen molar-refractivity contribution in [3.8, 4) is 0 Å². The average Bonchev–Trinajstić information content (AvgIpc) is 2.12. The summed E-state index contributed by atoms with van der Waals surface area (Å²) in [5.74, 6) is 0.211. The molecule has 2 N–H and O–H groups in total. The van der Waals surface area contributed by atoms with Crippen LogP contribution in [0.5, 0.6) is 0 Å². The van der Waals surface area contributed by atoms with Gasteiger partial charge in [0.05, 0.1) is 6.54 Å². The van der Waals surface area contributed by atoms with Crippen LogP contribution in [0.15, 0.2) is 0 Å². The van der Waals surface area contributed by atoms with Crippen LogP contribution in [0.2, 0.25) is 0 Å². The van der Waals surface area contributed by atoms with E-state index in [0.29, 0.717) is 25.2 Å². The zero-order valence-corrected chi connectivity index (χ0v) is 9.36. The van der Waals surface area contributed by atoms with E-state index >= 15 is 0 Å². The number of piperazine rings is 1. The van der Waals surface area contributed by atoms with Crippen molar-refractivity contribution in [3.63, 3.8) is 0 Å². The average molecular weight is 199 g/mol. The fraction of sp³-hybridized carbons (Fsp3) is 0.900. The summed E-state index contributed by atoms with van der Waals surface area (Å²) in [6, 6.07) is 0.733. The topological polar surface area (TPSA) is 49.6 Å². The van der Waals surface area contributed by atoms with Crippen LogP contribution in [0.25, 0.3) is 0 Å². The molecule has 14 heavy (non-hydrogen) atoms. The predicted octanol–water partition coefficient (Wildman–Crippen LogP) is -0.114. The molecule has 1 saturated heterocycles. The molecule has 1 heterocycles. The third kappa shape index (κ3) is 2.45. The zero-order chi connectivity index (χ0) is 10.7. The molecule has 1 amide bonds. The molecule has 0 aromatic carbocycles. The van der Waals surface area contributed by atoms with Gasteiger partial charge in [0, 0.05) is 25.7 Å². The van der Waals surface area contributed by atoms with Gasteiger partial charge in [-0.1, -0.05) is 0 Å². The molecule has 0 bridgehead atoms. The van der Waals surface area contributed by atoms with Crippen LogP contribution in [0.4, 0.5) is 0 Å². The van der Waals surface area contributed by atoms with Gasteiger partial charge in [-0.2, -0.15) is 0 Å². The molecule has 82 valence electrons. The van der Waals surface area contributed by atoms with Crippen molar-refractivity contribution in [1.29, 1.82) is 0 Å². The first-order chi connectivity index (χ1) is 6.56. The minimum Gasteiger partial charge on any atom is -0.340 e. The number of hydrogen-bond donors (Lipinski definition) is 1. The Bertz CT molecular complexity index is 206. The van der Waals surface area contributed by atoms with E-state index in [4.69, 9.17) is 5.73 Å². The Morgan fingerprint density at radius 1 is 1.57 bits per heavy atom. The third-order valence-corrected chi connectivity index (χ3v) is 2.95. The number of nitrogens with two attached hydrogens (primary N) is 1. The molecule has 0 radical (unpaired) electrons. The van der Waals surface area contributed by atoms with E-state index in [2.05, 4.69) is 18.7 Å². The summed E-state index contributed by atoms with van der Waals surface area (Å²) in [4.78, 5) is 15.7. The van der Waals surface area contributed by atoms with Gasteiger partial charge in [-0.05, 0) is 26.8 Å². The Morgan fingerprint density at radius 2 is 2.21 bits per heavy atom. The van der Waals surface area contributed by atoms with Crippen LogP contribution in [-0.2, 0) is 4.79 Å². The Hall–Kier alpha value is -0.610. The minimum absolute atomic E-state index is 0.211. The van der Waals surface area contributed by atoms with Gasteiger partial charge in [-0.3, -0.25) is 9.69 Å². The Labute approximate surface area is 86.0 Å². The first-order valence-electron chi connectivity index (χ1n) is 5.26. The summed E-state index contributed by atoms with van der Waals surface area (Å²) in [6.07, 6.45) is 0.894. The number of hydrogen-bond acceptors (Lipinski definition) is 3. The van der Waals surface area contributed by atoms with E-state index in [1.165, 1.54) is 0 Å². The Morgan fingerprint density at radius 3 is 2.71 bits per heavy atom. The van der Waals surface area contributed by atoms with Gasteiger partial charge in [0.15, 0.2) is 0 Å². The first-order valence-corrected chi connectivity index (χ1v) is 5.26. The normalized spacial score (nSPS) is 24.8. The van der Waals surface area contributed by atoms with Crippen molar-refractivity contribution >= 4 is 5.91 Å². The molecule has 1 rings (SSSR count). The van der Waals surface area contributed by atoms with Gasteiger partial charge in [-0.25, -0.2) is 0 Å². The molecule has 0 aliphatic carbocycles. The monoisotopic (exact) mass is 199 g/mol. The first kappa shape index (κ1) is 11.5. The number of nitrogens with zero attached hydrogens (tertiary/aromatic N) is 2. The van der Waals surface area contributed by atoms with Crippen LogP contribution in [0.1, 0.15) is 20.3 Å². The molecule has 0 spiro atoms. The number of rotatable bonds is 3. The largest absolute Gasteiger partial charge is 0.340 e. The second kappa shape index (κ2) is 4.75. The molecule has 1 aliphatic heterocycles. The highest BCUT2D eigenvalue weighted by atomic mass is 16.2. The molecule has 1 aliphatic rings. The number of carbonyl (C=O) groups excluding carboxylic acids is 1. The van der Waals surface area contributed by atoms with Crippen molar-refractivity contribution < 1.29 is 4.79 Å². The van der Waals surface area contributed by atoms with Crippen LogP contribution in [0, 0.1) is 0 Å². The lowest BCUT2D eigenvalue weighted by Gasteiger charge is -2.40. The third-order valence-electron chi connectivity index (χ3n) is 2.95. The van der Waals surface area contributed by atoms with E-state index in [1.54, 1.807) is 0 Å². The molecule has 4 nitrogen and oxygen atoms in total. The van der Waals surface area contributed by atoms with E-state index in [-0.39, 0.29) is 5.91 Å². The lowest BCUT2D eigenvalue weighted by atomic mass is 10.1. The highest BCUT2D eigenvalue weighted by molar-refractivity contribution is 5.79. The summed E-state index contributed by atoms with van der Waals surface area (Å²) in [5.41, 5.74) is 5.53. The molecular weight excluding hydrogens is 178 g/mol. The van der Waals surface area contributed by atoms with Gasteiger partial charge in [0.2, 0.25) is 5.91 Å². The van der Waals surface area contributed by atoms with E-state index < -0.39 is 0 Å². The van der Waals surface area contributed by atoms with E-state index in [0.717, 1.165) is 13.0 Å². The number of carbonyl (C=O) groups is 1. The van der Waals surface area contributed by atoms with Crippen molar-refractivity contribution in [2.24, 2.45) is 5.73 Å². The van der Waals surface area contributed by atoms with Gasteiger partial charge in [0.25, 0.3) is 0 Å². The zero-order valence-electron chi connectivity index (χ0n) is 9.36. The molecule has 0 aromatic rings. The van der Waals surface area contributed by atoms with Gasteiger partial charge >= 0.3 is 0 Å². The van der Waals surface area contributed by atoms with Crippen molar-refractivity contribution in [1.82, 2.24) is 9.80 Å². The lowest BCUT2D eigenvalue weighted by molar-refractivity contribution is -0.138. The van der Waals surface area contributed by atoms with Crippen LogP contribution < -0.4 is 5.73 Å². The highest BCUT2D eigenvalue weighted by Crippen LogP contribution is 2.13. The summed E-state index contributed by atoms with van der Waals surface area (Å²) in [6.45, 7) is 6.40. The maximum absolute atomic E-state index is 11.6. The highest BCUT2D eigenvalue weighted by Gasteiger charge is 2.30. The van der Waals surface area contributed by atoms with Crippen LogP contribution >= 0.6 is 0 Å². The summed E-state index contributed by atoms with van der Waals surface area (Å²) in [7, 11) is 1.88.